The molecule has 1 aromatic heterocycles. The van der Waals surface area contributed by atoms with E-state index >= 15 is 0 Å². The molecule has 1 aliphatic rings. The third-order valence-electron chi connectivity index (χ3n) is 1.85. The Balaban J connectivity index is 2.38. The minimum Gasteiger partial charge on any atom is -0.480 e. The summed E-state index contributed by atoms with van der Waals surface area (Å²) in [6.45, 7) is 0.341. The number of hydrogen-bond donors (Lipinski definition) is 1. The zero-order valence-corrected chi connectivity index (χ0v) is 7.20. The van der Waals surface area contributed by atoms with E-state index in [1.165, 1.54) is 13.3 Å². The maximum Gasteiger partial charge on any atom is 0.232 e. The molecule has 0 spiro atoms. The number of Topliss-reactive ketones (excluding diaryl/α,β-unsaturated/α-hetero) is 1. The molecule has 2 rings (SSSR count). The topological polar surface area (TPSA) is 64.1 Å². The number of ketones is 1. The van der Waals surface area contributed by atoms with Crippen molar-refractivity contribution in [3.8, 4) is 5.88 Å². The Bertz CT molecular complexity index is 351. The van der Waals surface area contributed by atoms with Gasteiger partial charge in [-0.15, -0.1) is 0 Å². The van der Waals surface area contributed by atoms with Crippen LogP contribution in [0.2, 0.25) is 0 Å². The van der Waals surface area contributed by atoms with Gasteiger partial charge in [0.15, 0.2) is 5.78 Å². The Labute approximate surface area is 75.1 Å². The van der Waals surface area contributed by atoms with E-state index in [0.717, 1.165) is 0 Å². The summed E-state index contributed by atoms with van der Waals surface area (Å²) >= 11 is 0. The second-order valence-corrected chi connectivity index (χ2v) is 2.78. The minimum atomic E-state index is 0.120. The quantitative estimate of drug-likeness (QED) is 0.658. The fraction of sp³-hybridized carbons (Fsp3) is 0.375. The smallest absolute Gasteiger partial charge is 0.232 e. The molecule has 68 valence electrons. The van der Waals surface area contributed by atoms with Crippen LogP contribution >= 0.6 is 0 Å². The first-order chi connectivity index (χ1) is 6.29. The number of hydrogen-bond acceptors (Lipinski definition) is 5. The lowest BCUT2D eigenvalue weighted by Gasteiger charge is -2.14. The van der Waals surface area contributed by atoms with Crippen LogP contribution in [0.1, 0.15) is 5.69 Å². The van der Waals surface area contributed by atoms with Crippen LogP contribution in [0.5, 0.6) is 5.88 Å². The van der Waals surface area contributed by atoms with E-state index in [2.05, 4.69) is 15.3 Å². The van der Waals surface area contributed by atoms with Gasteiger partial charge in [-0.25, -0.2) is 9.97 Å². The van der Waals surface area contributed by atoms with Crippen molar-refractivity contribution in [2.75, 3.05) is 19.0 Å². The lowest BCUT2D eigenvalue weighted by atomic mass is 10.1. The Kier molecular flexibility index (Phi) is 1.84. The molecule has 1 aromatic rings. The van der Waals surface area contributed by atoms with E-state index in [1.54, 1.807) is 0 Å². The van der Waals surface area contributed by atoms with Gasteiger partial charge >= 0.3 is 0 Å². The molecule has 0 unspecified atom stereocenters. The highest BCUT2D eigenvalue weighted by molar-refractivity contribution is 5.88. The monoisotopic (exact) mass is 179 g/mol. The molecule has 0 fully saturated rings. The van der Waals surface area contributed by atoms with E-state index in [-0.39, 0.29) is 5.78 Å². The maximum atomic E-state index is 11.1. The number of nitrogens with one attached hydrogen (secondary N) is 1. The number of nitrogens with zero attached hydrogens (tertiary/aromatic N) is 2. The molecule has 1 N–H and O–H groups in total. The molecular formula is C8H9N3O2. The predicted octanol–water partition coefficient (Wildman–Crippen LogP) is 0.0223. The summed E-state index contributed by atoms with van der Waals surface area (Å²) in [6.07, 6.45) is 1.87. The number of carbonyl (C=O) groups excluding carboxylic acids is 1. The molecule has 1 aliphatic heterocycles. The number of ether oxygens (including phenoxy) is 1. The Hall–Kier alpha value is -1.65. The molecule has 0 saturated carbocycles. The zero-order valence-electron chi connectivity index (χ0n) is 7.20. The molecule has 13 heavy (non-hydrogen) atoms. The first-order valence-corrected chi connectivity index (χ1v) is 3.95. The SMILES string of the molecule is COc1cnc2c(n1)CC(=O)CN2. The van der Waals surface area contributed by atoms with Crippen LogP contribution in [0.4, 0.5) is 5.82 Å². The highest BCUT2D eigenvalue weighted by atomic mass is 16.5. The average Bonchev–Trinajstić information content (AvgIpc) is 2.16. The third-order valence-corrected chi connectivity index (χ3v) is 1.85. The van der Waals surface area contributed by atoms with Gasteiger partial charge in [-0.1, -0.05) is 0 Å². The molecule has 2 heterocycles. The fourth-order valence-electron chi connectivity index (χ4n) is 1.21. The van der Waals surface area contributed by atoms with Gasteiger partial charge in [0, 0.05) is 0 Å². The number of anilines is 1. The summed E-state index contributed by atoms with van der Waals surface area (Å²) in [6, 6.07) is 0. The van der Waals surface area contributed by atoms with Gasteiger partial charge in [0.05, 0.1) is 32.0 Å². The van der Waals surface area contributed by atoms with E-state index in [9.17, 15) is 4.79 Å². The Morgan fingerprint density at radius 1 is 1.62 bits per heavy atom. The van der Waals surface area contributed by atoms with Gasteiger partial charge < -0.3 is 10.1 Å². The van der Waals surface area contributed by atoms with Gasteiger partial charge in [0.25, 0.3) is 0 Å². The lowest BCUT2D eigenvalue weighted by molar-refractivity contribution is -0.117. The van der Waals surface area contributed by atoms with Crippen molar-refractivity contribution in [3.05, 3.63) is 11.9 Å². The van der Waals surface area contributed by atoms with E-state index < -0.39 is 0 Å². The summed E-state index contributed by atoms with van der Waals surface area (Å²) in [4.78, 5) is 19.2. The second-order valence-electron chi connectivity index (χ2n) is 2.78. The third kappa shape index (κ3) is 1.44. The van der Waals surface area contributed by atoms with Crippen molar-refractivity contribution in [3.63, 3.8) is 0 Å². The largest absolute Gasteiger partial charge is 0.480 e. The normalized spacial score (nSPS) is 14.7. The molecule has 0 bridgehead atoms. The van der Waals surface area contributed by atoms with Crippen LogP contribution in [0.3, 0.4) is 0 Å². The number of carbonyl (C=O) groups is 1. The van der Waals surface area contributed by atoms with Crippen LogP contribution < -0.4 is 10.1 Å². The first-order valence-electron chi connectivity index (χ1n) is 3.95. The van der Waals surface area contributed by atoms with Crippen molar-refractivity contribution >= 4 is 11.6 Å². The highest BCUT2D eigenvalue weighted by Gasteiger charge is 2.17. The molecular weight excluding hydrogens is 170 g/mol. The summed E-state index contributed by atoms with van der Waals surface area (Å²) < 4.78 is 4.90. The van der Waals surface area contributed by atoms with Crippen LogP contribution in [0, 0.1) is 0 Å². The second kappa shape index (κ2) is 3.01. The van der Waals surface area contributed by atoms with Crippen molar-refractivity contribution in [1.82, 2.24) is 9.97 Å². The average molecular weight is 179 g/mol. The molecule has 0 atom stereocenters. The number of methoxy groups -OCH3 is 1. The molecule has 0 radical (unpaired) electrons. The maximum absolute atomic E-state index is 11.1. The standard InChI is InChI=1S/C8H9N3O2/c1-13-7-4-10-8-6(11-7)2-5(12)3-9-8/h4H,2-3H2,1H3,(H,9,10). The highest BCUT2D eigenvalue weighted by Crippen LogP contribution is 2.17. The van der Waals surface area contributed by atoms with Crippen LogP contribution in [0.25, 0.3) is 0 Å². The van der Waals surface area contributed by atoms with Crippen LogP contribution in [-0.2, 0) is 11.2 Å². The summed E-state index contributed by atoms with van der Waals surface area (Å²) in [5.74, 6) is 1.24. The number of aromatic nitrogens is 2. The minimum absolute atomic E-state index is 0.120. The lowest BCUT2D eigenvalue weighted by Crippen LogP contribution is -2.24. The van der Waals surface area contributed by atoms with Crippen molar-refractivity contribution in [1.29, 1.82) is 0 Å². The summed E-state index contributed by atoms with van der Waals surface area (Å²) in [5.41, 5.74) is 0.663. The summed E-state index contributed by atoms with van der Waals surface area (Å²) in [7, 11) is 1.52. The molecule has 0 amide bonds. The van der Waals surface area contributed by atoms with Crippen molar-refractivity contribution in [2.45, 2.75) is 6.42 Å². The zero-order chi connectivity index (χ0) is 9.26. The van der Waals surface area contributed by atoms with Crippen LogP contribution in [-0.4, -0.2) is 29.4 Å². The van der Waals surface area contributed by atoms with Gasteiger partial charge in [0.1, 0.15) is 5.82 Å². The first kappa shape index (κ1) is 7.97. The Morgan fingerprint density at radius 2 is 2.46 bits per heavy atom. The van der Waals surface area contributed by atoms with Gasteiger partial charge in [-0.3, -0.25) is 4.79 Å². The number of fused-ring (bicyclic) bond motifs is 1. The molecule has 0 aliphatic carbocycles. The van der Waals surface area contributed by atoms with E-state index in [0.29, 0.717) is 30.4 Å². The Morgan fingerprint density at radius 3 is 3.23 bits per heavy atom. The van der Waals surface area contributed by atoms with Crippen LogP contribution in [0.15, 0.2) is 6.20 Å². The number of rotatable bonds is 1. The molecule has 0 saturated heterocycles. The van der Waals surface area contributed by atoms with Crippen molar-refractivity contribution < 1.29 is 9.53 Å². The predicted molar refractivity (Wildman–Crippen MR) is 45.8 cm³/mol. The van der Waals surface area contributed by atoms with Crippen molar-refractivity contribution in [2.24, 2.45) is 0 Å². The molecule has 0 aromatic carbocycles. The molecule has 5 nitrogen and oxygen atoms in total. The van der Waals surface area contributed by atoms with Gasteiger partial charge in [-0.2, -0.15) is 0 Å². The van der Waals surface area contributed by atoms with E-state index in [1.807, 2.05) is 0 Å². The fourth-order valence-corrected chi connectivity index (χ4v) is 1.21. The van der Waals surface area contributed by atoms with E-state index in [4.69, 9.17) is 4.74 Å². The molecule has 5 heteroatoms. The van der Waals surface area contributed by atoms with Gasteiger partial charge in [-0.05, 0) is 0 Å². The summed E-state index contributed by atoms with van der Waals surface area (Å²) in [5, 5.41) is 2.88. The van der Waals surface area contributed by atoms with Gasteiger partial charge in [0.2, 0.25) is 5.88 Å².